The maximum atomic E-state index is 3.56. The molecule has 0 aliphatic carbocycles. The van der Waals surface area contributed by atoms with Crippen LogP contribution in [-0.4, -0.2) is 4.98 Å². The minimum absolute atomic E-state index is 0.358. The fourth-order valence-electron chi connectivity index (χ4n) is 1.96. The van der Waals surface area contributed by atoms with E-state index >= 15 is 0 Å². The summed E-state index contributed by atoms with van der Waals surface area (Å²) in [6.45, 7) is 6.93. The predicted molar refractivity (Wildman–Crippen MR) is 86.5 cm³/mol. The number of halogens is 2. The van der Waals surface area contributed by atoms with Gasteiger partial charge in [-0.25, -0.2) is 0 Å². The summed E-state index contributed by atoms with van der Waals surface area (Å²) in [5, 5.41) is 1.35. The van der Waals surface area contributed by atoms with Crippen molar-refractivity contribution in [3.8, 4) is 0 Å². The topological polar surface area (TPSA) is 15.8 Å². The number of hydrogen-bond acceptors (Lipinski definition) is 0. The van der Waals surface area contributed by atoms with Crippen molar-refractivity contribution in [3.63, 3.8) is 0 Å². The van der Waals surface area contributed by atoms with Crippen LogP contribution in [0.5, 0.6) is 0 Å². The van der Waals surface area contributed by atoms with Crippen molar-refractivity contribution in [2.45, 2.75) is 33.6 Å². The molecule has 0 aliphatic rings. The summed E-state index contributed by atoms with van der Waals surface area (Å²) in [4.78, 5) is 3.47. The Morgan fingerprint density at radius 1 is 1.35 bits per heavy atom. The summed E-state index contributed by atoms with van der Waals surface area (Å²) in [5.74, 6) is 0. The molecule has 1 N–H and O–H groups in total. The zero-order valence-electron chi connectivity index (χ0n) is 10.4. The van der Waals surface area contributed by atoms with Gasteiger partial charge in [-0.3, -0.25) is 0 Å². The molecule has 2 rings (SSSR count). The number of fused-ring (bicyclic) bond motifs is 1. The first kappa shape index (κ1) is 13.4. The lowest BCUT2D eigenvalue weighted by Crippen LogP contribution is -2.13. The molecule has 0 atom stereocenters. The molecule has 0 bridgehead atoms. The van der Waals surface area contributed by atoms with Gasteiger partial charge in [-0.2, -0.15) is 0 Å². The molecule has 0 radical (unpaired) electrons. The van der Waals surface area contributed by atoms with E-state index in [1.807, 2.05) is 0 Å². The summed E-state index contributed by atoms with van der Waals surface area (Å²) in [5.41, 5.74) is 3.05. The van der Waals surface area contributed by atoms with Gasteiger partial charge in [0.05, 0.1) is 3.70 Å². The summed E-state index contributed by atoms with van der Waals surface area (Å²) >= 11 is 5.97. The minimum atomic E-state index is 0.358. The molecule has 1 aromatic carbocycles. The fourth-order valence-corrected chi connectivity index (χ4v) is 3.10. The minimum Gasteiger partial charge on any atom is -0.350 e. The van der Waals surface area contributed by atoms with Crippen molar-refractivity contribution < 1.29 is 0 Å². The molecule has 0 aliphatic heterocycles. The van der Waals surface area contributed by atoms with Gasteiger partial charge in [-0.05, 0) is 58.2 Å². The Morgan fingerprint density at radius 2 is 2.06 bits per heavy atom. The monoisotopic (exact) mass is 405 g/mol. The van der Waals surface area contributed by atoms with Crippen molar-refractivity contribution in [2.75, 3.05) is 0 Å². The number of H-pyrrole nitrogens is 1. The summed E-state index contributed by atoms with van der Waals surface area (Å²) < 4.78 is 2.42. The molecular formula is C14H17BrIN. The molecule has 0 saturated carbocycles. The third kappa shape index (κ3) is 2.87. The standard InChI is InChI=1S/C14H17BrIN/c1-4-14(2,3)8-11-10-7-9(15)5-6-12(10)17-13(11)16/h5-7,17H,4,8H2,1-3H3. The molecule has 17 heavy (non-hydrogen) atoms. The molecule has 92 valence electrons. The van der Waals surface area contributed by atoms with E-state index in [2.05, 4.69) is 82.5 Å². The predicted octanol–water partition coefficient (Wildman–Crippen LogP) is 5.51. The first-order chi connectivity index (χ1) is 7.93. The summed E-state index contributed by atoms with van der Waals surface area (Å²) in [6.07, 6.45) is 2.32. The Morgan fingerprint density at radius 3 is 2.71 bits per heavy atom. The van der Waals surface area contributed by atoms with Crippen LogP contribution in [0.3, 0.4) is 0 Å². The number of benzene rings is 1. The fraction of sp³-hybridized carbons (Fsp3) is 0.429. The number of aromatic nitrogens is 1. The average molecular weight is 406 g/mol. The smallest absolute Gasteiger partial charge is 0.0815 e. The van der Waals surface area contributed by atoms with E-state index in [1.165, 1.54) is 26.6 Å². The van der Waals surface area contributed by atoms with E-state index in [9.17, 15) is 0 Å². The van der Waals surface area contributed by atoms with Crippen molar-refractivity contribution in [1.29, 1.82) is 0 Å². The van der Waals surface area contributed by atoms with Crippen LogP contribution in [0.4, 0.5) is 0 Å². The number of rotatable bonds is 3. The van der Waals surface area contributed by atoms with E-state index in [-0.39, 0.29) is 0 Å². The first-order valence-electron chi connectivity index (χ1n) is 5.88. The molecule has 1 heterocycles. The third-order valence-corrected chi connectivity index (χ3v) is 4.84. The molecule has 1 aromatic heterocycles. The highest BCUT2D eigenvalue weighted by Gasteiger charge is 2.20. The Labute approximate surface area is 125 Å². The van der Waals surface area contributed by atoms with Gasteiger partial charge >= 0.3 is 0 Å². The lowest BCUT2D eigenvalue weighted by atomic mass is 9.83. The molecule has 0 spiro atoms. The van der Waals surface area contributed by atoms with Crippen LogP contribution in [0, 0.1) is 9.12 Å². The summed E-state index contributed by atoms with van der Waals surface area (Å²) in [6, 6.07) is 6.45. The Balaban J connectivity index is 2.52. The molecule has 0 fully saturated rings. The lowest BCUT2D eigenvalue weighted by molar-refractivity contribution is 0.349. The van der Waals surface area contributed by atoms with Crippen LogP contribution in [0.15, 0.2) is 22.7 Å². The second kappa shape index (κ2) is 4.92. The Bertz CT molecular complexity index is 542. The highest BCUT2D eigenvalue weighted by molar-refractivity contribution is 14.1. The average Bonchev–Trinajstić information content (AvgIpc) is 2.56. The van der Waals surface area contributed by atoms with Crippen molar-refractivity contribution >= 4 is 49.4 Å². The molecule has 2 aromatic rings. The molecule has 0 saturated heterocycles. The second-order valence-corrected chi connectivity index (χ2v) is 7.30. The normalized spacial score (nSPS) is 12.3. The van der Waals surface area contributed by atoms with Gasteiger partial charge in [0.25, 0.3) is 0 Å². The van der Waals surface area contributed by atoms with Crippen LogP contribution in [0.25, 0.3) is 10.9 Å². The lowest BCUT2D eigenvalue weighted by Gasteiger charge is -2.22. The first-order valence-corrected chi connectivity index (χ1v) is 7.76. The molecule has 1 nitrogen and oxygen atoms in total. The number of aromatic amines is 1. The molecule has 3 heteroatoms. The van der Waals surface area contributed by atoms with Crippen molar-refractivity contribution in [2.24, 2.45) is 5.41 Å². The van der Waals surface area contributed by atoms with Crippen molar-refractivity contribution in [3.05, 3.63) is 31.9 Å². The molecule has 0 amide bonds. The zero-order valence-corrected chi connectivity index (χ0v) is 14.1. The highest BCUT2D eigenvalue weighted by atomic mass is 127. The van der Waals surface area contributed by atoms with E-state index in [1.54, 1.807) is 0 Å². The SMILES string of the molecule is CCC(C)(C)Cc1c(I)[nH]c2ccc(Br)cc12. The van der Waals surface area contributed by atoms with Gasteiger partial charge in [0.1, 0.15) is 0 Å². The van der Waals surface area contributed by atoms with E-state index < -0.39 is 0 Å². The van der Waals surface area contributed by atoms with Crippen LogP contribution in [0.2, 0.25) is 0 Å². The molecule has 0 unspecified atom stereocenters. The van der Waals surface area contributed by atoms with Crippen LogP contribution >= 0.6 is 38.5 Å². The van der Waals surface area contributed by atoms with E-state index in [0.717, 1.165) is 10.9 Å². The van der Waals surface area contributed by atoms with Crippen molar-refractivity contribution in [1.82, 2.24) is 4.98 Å². The van der Waals surface area contributed by atoms with Gasteiger partial charge in [0.2, 0.25) is 0 Å². The van der Waals surface area contributed by atoms with Gasteiger partial charge in [0.15, 0.2) is 0 Å². The van der Waals surface area contributed by atoms with E-state index in [4.69, 9.17) is 0 Å². The Kier molecular flexibility index (Phi) is 3.88. The van der Waals surface area contributed by atoms with Gasteiger partial charge in [0, 0.05) is 15.4 Å². The summed E-state index contributed by atoms with van der Waals surface area (Å²) in [7, 11) is 0. The van der Waals surface area contributed by atoms with Crippen LogP contribution in [-0.2, 0) is 6.42 Å². The Hall–Kier alpha value is -0.0300. The number of nitrogens with one attached hydrogen (secondary N) is 1. The van der Waals surface area contributed by atoms with E-state index in [0.29, 0.717) is 5.41 Å². The van der Waals surface area contributed by atoms with Crippen LogP contribution in [0.1, 0.15) is 32.8 Å². The maximum Gasteiger partial charge on any atom is 0.0815 e. The zero-order chi connectivity index (χ0) is 12.6. The molecular weight excluding hydrogens is 389 g/mol. The van der Waals surface area contributed by atoms with Gasteiger partial charge < -0.3 is 4.98 Å². The van der Waals surface area contributed by atoms with Gasteiger partial charge in [-0.1, -0.05) is 43.1 Å². The highest BCUT2D eigenvalue weighted by Crippen LogP contribution is 2.33. The number of hydrogen-bond donors (Lipinski definition) is 1. The van der Waals surface area contributed by atoms with Gasteiger partial charge in [-0.15, -0.1) is 0 Å². The maximum absolute atomic E-state index is 3.56. The quantitative estimate of drug-likeness (QED) is 0.647. The van der Waals surface area contributed by atoms with Crippen LogP contribution < -0.4 is 0 Å². The third-order valence-electron chi connectivity index (χ3n) is 3.43. The second-order valence-electron chi connectivity index (χ2n) is 5.30. The largest absolute Gasteiger partial charge is 0.350 e.